The first-order chi connectivity index (χ1) is 8.17. The van der Waals surface area contributed by atoms with E-state index in [1.54, 1.807) is 0 Å². The zero-order valence-electron chi connectivity index (χ0n) is 10.3. The number of aliphatic carboxylic acids is 1. The maximum Gasteiger partial charge on any atom is 0.323 e. The molecular weight excluding hydrogens is 218 g/mol. The van der Waals surface area contributed by atoms with Crippen LogP contribution in [0.1, 0.15) is 18.1 Å². The lowest BCUT2D eigenvalue weighted by molar-refractivity contribution is -0.140. The van der Waals surface area contributed by atoms with Crippen LogP contribution >= 0.6 is 0 Å². The van der Waals surface area contributed by atoms with Crippen LogP contribution in [-0.4, -0.2) is 30.8 Å². The van der Waals surface area contributed by atoms with Crippen molar-refractivity contribution < 1.29 is 14.6 Å². The summed E-state index contributed by atoms with van der Waals surface area (Å²) in [4.78, 5) is 10.9. The minimum absolute atomic E-state index is 0.169. The van der Waals surface area contributed by atoms with E-state index in [0.717, 1.165) is 12.0 Å². The van der Waals surface area contributed by atoms with Crippen LogP contribution in [0.25, 0.3) is 0 Å². The van der Waals surface area contributed by atoms with Crippen LogP contribution in [0.3, 0.4) is 0 Å². The molecule has 0 aliphatic rings. The van der Waals surface area contributed by atoms with Crippen molar-refractivity contribution in [2.75, 3.05) is 13.7 Å². The van der Waals surface area contributed by atoms with Gasteiger partial charge in [0.15, 0.2) is 0 Å². The van der Waals surface area contributed by atoms with Gasteiger partial charge in [0.25, 0.3) is 0 Å². The highest BCUT2D eigenvalue weighted by Gasteiger charge is 2.15. The van der Waals surface area contributed by atoms with Crippen molar-refractivity contribution in [3.05, 3.63) is 35.4 Å². The monoisotopic (exact) mass is 237 g/mol. The van der Waals surface area contributed by atoms with E-state index in [1.165, 1.54) is 12.7 Å². The van der Waals surface area contributed by atoms with E-state index in [-0.39, 0.29) is 6.61 Å². The fourth-order valence-electron chi connectivity index (χ4n) is 1.52. The third-order valence-electron chi connectivity index (χ3n) is 2.62. The molecule has 0 saturated heterocycles. The fraction of sp³-hybridized carbons (Fsp3) is 0.462. The summed E-state index contributed by atoms with van der Waals surface area (Å²) in [6.45, 7) is 2.80. The Morgan fingerprint density at radius 2 is 1.94 bits per heavy atom. The van der Waals surface area contributed by atoms with Crippen molar-refractivity contribution in [2.45, 2.75) is 25.9 Å². The lowest BCUT2D eigenvalue weighted by atomic mass is 10.1. The molecule has 17 heavy (non-hydrogen) atoms. The van der Waals surface area contributed by atoms with Gasteiger partial charge in [-0.05, 0) is 17.5 Å². The van der Waals surface area contributed by atoms with Crippen molar-refractivity contribution in [3.8, 4) is 0 Å². The zero-order chi connectivity index (χ0) is 12.7. The molecule has 0 amide bonds. The first kappa shape index (κ1) is 13.7. The molecule has 94 valence electrons. The van der Waals surface area contributed by atoms with E-state index < -0.39 is 12.0 Å². The molecule has 4 heteroatoms. The smallest absolute Gasteiger partial charge is 0.323 e. The van der Waals surface area contributed by atoms with Crippen molar-refractivity contribution in [1.82, 2.24) is 5.32 Å². The Hall–Kier alpha value is -1.39. The molecule has 4 nitrogen and oxygen atoms in total. The number of benzene rings is 1. The molecule has 2 N–H and O–H groups in total. The van der Waals surface area contributed by atoms with Gasteiger partial charge in [-0.15, -0.1) is 0 Å². The van der Waals surface area contributed by atoms with Gasteiger partial charge in [-0.2, -0.15) is 0 Å². The molecule has 0 bridgehead atoms. The molecule has 1 aromatic rings. The lowest BCUT2D eigenvalue weighted by Gasteiger charge is -2.13. The topological polar surface area (TPSA) is 58.6 Å². The average Bonchev–Trinajstić information content (AvgIpc) is 2.34. The number of methoxy groups -OCH3 is 1. The number of nitrogens with one attached hydrogen (secondary N) is 1. The molecule has 1 aromatic carbocycles. The molecule has 0 aliphatic carbocycles. The molecule has 0 aliphatic heterocycles. The highest BCUT2D eigenvalue weighted by Crippen LogP contribution is 2.05. The summed E-state index contributed by atoms with van der Waals surface area (Å²) >= 11 is 0. The Balaban J connectivity index is 2.50. The van der Waals surface area contributed by atoms with Crippen molar-refractivity contribution >= 4 is 5.97 Å². The number of rotatable bonds is 7. The first-order valence-electron chi connectivity index (χ1n) is 5.70. The minimum Gasteiger partial charge on any atom is -0.480 e. The summed E-state index contributed by atoms with van der Waals surface area (Å²) in [7, 11) is 1.49. The zero-order valence-corrected chi connectivity index (χ0v) is 10.3. The van der Waals surface area contributed by atoms with Gasteiger partial charge in [-0.3, -0.25) is 10.1 Å². The van der Waals surface area contributed by atoms with Crippen molar-refractivity contribution in [3.63, 3.8) is 0 Å². The van der Waals surface area contributed by atoms with Crippen LogP contribution in [0.2, 0.25) is 0 Å². The number of hydrogen-bond donors (Lipinski definition) is 2. The van der Waals surface area contributed by atoms with Crippen LogP contribution in [0.15, 0.2) is 24.3 Å². The van der Waals surface area contributed by atoms with E-state index in [9.17, 15) is 4.79 Å². The van der Waals surface area contributed by atoms with Crippen LogP contribution < -0.4 is 5.32 Å². The SMILES string of the molecule is CCc1ccc(CNC(COC)C(=O)O)cc1. The summed E-state index contributed by atoms with van der Waals surface area (Å²) in [5.41, 5.74) is 2.35. The number of ether oxygens (including phenoxy) is 1. The second-order valence-electron chi connectivity index (χ2n) is 3.90. The summed E-state index contributed by atoms with van der Waals surface area (Å²) < 4.78 is 4.85. The van der Waals surface area contributed by atoms with Gasteiger partial charge in [0.05, 0.1) is 6.61 Å². The molecule has 0 fully saturated rings. The van der Waals surface area contributed by atoms with Gasteiger partial charge < -0.3 is 9.84 Å². The highest BCUT2D eigenvalue weighted by atomic mass is 16.5. The third kappa shape index (κ3) is 4.54. The maximum absolute atomic E-state index is 10.9. The van der Waals surface area contributed by atoms with E-state index in [0.29, 0.717) is 6.54 Å². The van der Waals surface area contributed by atoms with E-state index in [1.807, 2.05) is 12.1 Å². The molecular formula is C13H19NO3. The van der Waals surface area contributed by atoms with Gasteiger partial charge >= 0.3 is 5.97 Å². The highest BCUT2D eigenvalue weighted by molar-refractivity contribution is 5.73. The van der Waals surface area contributed by atoms with Gasteiger partial charge in [0.1, 0.15) is 6.04 Å². The summed E-state index contributed by atoms with van der Waals surface area (Å²) in [6.07, 6.45) is 1.01. The normalized spacial score (nSPS) is 12.4. The Morgan fingerprint density at radius 3 is 2.41 bits per heavy atom. The Labute approximate surface area is 102 Å². The van der Waals surface area contributed by atoms with Gasteiger partial charge in [-0.25, -0.2) is 0 Å². The predicted molar refractivity (Wildman–Crippen MR) is 66.0 cm³/mol. The molecule has 0 radical (unpaired) electrons. The fourth-order valence-corrected chi connectivity index (χ4v) is 1.52. The summed E-state index contributed by atoms with van der Waals surface area (Å²) in [5, 5.41) is 11.9. The largest absolute Gasteiger partial charge is 0.480 e. The quantitative estimate of drug-likeness (QED) is 0.753. The predicted octanol–water partition coefficient (Wildman–Crippen LogP) is 1.44. The molecule has 1 unspecified atom stereocenters. The van der Waals surface area contributed by atoms with E-state index in [4.69, 9.17) is 9.84 Å². The third-order valence-corrected chi connectivity index (χ3v) is 2.62. The maximum atomic E-state index is 10.9. The van der Waals surface area contributed by atoms with E-state index in [2.05, 4.69) is 24.4 Å². The number of carboxylic acid groups (broad SMARTS) is 1. The molecule has 0 aromatic heterocycles. The Morgan fingerprint density at radius 1 is 1.35 bits per heavy atom. The van der Waals surface area contributed by atoms with E-state index >= 15 is 0 Å². The van der Waals surface area contributed by atoms with Crippen LogP contribution in [-0.2, 0) is 22.5 Å². The molecule has 0 spiro atoms. The van der Waals surface area contributed by atoms with Crippen molar-refractivity contribution in [2.24, 2.45) is 0 Å². The number of aryl methyl sites for hydroxylation is 1. The molecule has 1 atom stereocenters. The summed E-state index contributed by atoms with van der Waals surface area (Å²) in [5.74, 6) is -0.892. The second kappa shape index (κ2) is 7.04. The van der Waals surface area contributed by atoms with Crippen LogP contribution in [0, 0.1) is 0 Å². The summed E-state index contributed by atoms with van der Waals surface area (Å²) in [6, 6.07) is 7.48. The number of carboxylic acids is 1. The van der Waals surface area contributed by atoms with Crippen LogP contribution in [0.4, 0.5) is 0 Å². The second-order valence-corrected chi connectivity index (χ2v) is 3.90. The van der Waals surface area contributed by atoms with Gasteiger partial charge in [0.2, 0.25) is 0 Å². The average molecular weight is 237 g/mol. The van der Waals surface area contributed by atoms with Crippen molar-refractivity contribution in [1.29, 1.82) is 0 Å². The number of carbonyl (C=O) groups is 1. The lowest BCUT2D eigenvalue weighted by Crippen LogP contribution is -2.39. The van der Waals surface area contributed by atoms with Crippen LogP contribution in [0.5, 0.6) is 0 Å². The van der Waals surface area contributed by atoms with Gasteiger partial charge in [0, 0.05) is 13.7 Å². The number of hydrogen-bond acceptors (Lipinski definition) is 3. The molecule has 0 heterocycles. The Kier molecular flexibility index (Phi) is 5.66. The van der Waals surface area contributed by atoms with Gasteiger partial charge in [-0.1, -0.05) is 31.2 Å². The standard InChI is InChI=1S/C13H19NO3/c1-3-10-4-6-11(7-5-10)8-14-12(9-17-2)13(15)16/h4-7,12,14H,3,8-9H2,1-2H3,(H,15,16). The first-order valence-corrected chi connectivity index (χ1v) is 5.70. The molecule has 0 saturated carbocycles. The molecule has 1 rings (SSSR count). The minimum atomic E-state index is -0.892. The Bertz CT molecular complexity index is 348.